The SMILES string of the molecule is [2H]C([2H])([2H])[C@@]12C[C@@H](C(=O)Nc3nc(Br)ccc3C)N(C(=O)Cn3cc(C(C)=O)c4cc(-c5cnc(C)nc5)cc(C)c43)[C@@H]1C2([2H])[2H]. The van der Waals surface area contributed by atoms with Crippen molar-refractivity contribution >= 4 is 50.2 Å². The Hall–Kier alpha value is -3.92. The van der Waals surface area contributed by atoms with Gasteiger partial charge in [-0.25, -0.2) is 15.0 Å². The highest BCUT2D eigenvalue weighted by Crippen LogP contribution is 2.59. The Labute approximate surface area is 253 Å². The van der Waals surface area contributed by atoms with E-state index in [1.54, 1.807) is 49.1 Å². The molecule has 0 radical (unpaired) electrons. The summed E-state index contributed by atoms with van der Waals surface area (Å²) in [6.45, 7) is 3.69. The van der Waals surface area contributed by atoms with E-state index in [1.165, 1.54) is 6.92 Å². The number of likely N-dealkylation sites (tertiary alicyclic amines) is 1. The fourth-order valence-electron chi connectivity index (χ4n) is 5.63. The van der Waals surface area contributed by atoms with E-state index < -0.39 is 42.5 Å². The molecule has 3 aromatic heterocycles. The maximum absolute atomic E-state index is 14.2. The third kappa shape index (κ3) is 4.84. The summed E-state index contributed by atoms with van der Waals surface area (Å²) in [7, 11) is 0. The summed E-state index contributed by atoms with van der Waals surface area (Å²) in [6, 6.07) is 4.60. The summed E-state index contributed by atoms with van der Waals surface area (Å²) in [4.78, 5) is 54.6. The highest BCUT2D eigenvalue weighted by molar-refractivity contribution is 9.10. The second-order valence-electron chi connectivity index (χ2n) is 10.8. The van der Waals surface area contributed by atoms with E-state index >= 15 is 0 Å². The Bertz CT molecular complexity index is 1940. The van der Waals surface area contributed by atoms with Crippen molar-refractivity contribution in [3.8, 4) is 11.1 Å². The number of fused-ring (bicyclic) bond motifs is 2. The molecule has 3 atom stereocenters. The lowest BCUT2D eigenvalue weighted by atomic mass is 10.0. The number of carbonyl (C=O) groups is 3. The normalized spacial score (nSPS) is 24.5. The van der Waals surface area contributed by atoms with Crippen LogP contribution in [0.3, 0.4) is 0 Å². The van der Waals surface area contributed by atoms with Gasteiger partial charge in [-0.15, -0.1) is 0 Å². The second kappa shape index (κ2) is 9.87. The zero-order valence-corrected chi connectivity index (χ0v) is 24.5. The van der Waals surface area contributed by atoms with E-state index in [9.17, 15) is 14.4 Å². The molecular formula is C31H31BrN6O3. The van der Waals surface area contributed by atoms with E-state index in [0.29, 0.717) is 32.5 Å². The highest BCUT2D eigenvalue weighted by atomic mass is 79.9. The molecule has 41 heavy (non-hydrogen) atoms. The lowest BCUT2D eigenvalue weighted by Gasteiger charge is -2.27. The zero-order chi connectivity index (χ0) is 33.5. The van der Waals surface area contributed by atoms with Gasteiger partial charge in [-0.05, 0) is 96.7 Å². The molecule has 4 heterocycles. The molecule has 0 unspecified atom stereocenters. The van der Waals surface area contributed by atoms with Crippen LogP contribution in [0.5, 0.6) is 0 Å². The van der Waals surface area contributed by atoms with Gasteiger partial charge in [-0.2, -0.15) is 0 Å². The maximum atomic E-state index is 14.2. The number of aryl methyl sites for hydroxylation is 3. The molecule has 10 heteroatoms. The average Bonchev–Trinajstić information content (AvgIpc) is 3.28. The highest BCUT2D eigenvalue weighted by Gasteiger charge is 2.64. The molecule has 210 valence electrons. The number of Topliss-reactive ketones (excluding diaryl/α,β-unsaturated/α-hetero) is 1. The molecule has 4 aromatic rings. The van der Waals surface area contributed by atoms with E-state index in [-0.39, 0.29) is 24.6 Å². The number of nitrogens with zero attached hydrogens (tertiary/aromatic N) is 5. The van der Waals surface area contributed by atoms with Gasteiger partial charge in [-0.1, -0.05) is 12.9 Å². The van der Waals surface area contributed by atoms with Crippen molar-refractivity contribution in [3.05, 3.63) is 70.0 Å². The number of hydrogen-bond donors (Lipinski definition) is 1. The van der Waals surface area contributed by atoms with Crippen molar-refractivity contribution in [2.24, 2.45) is 5.41 Å². The van der Waals surface area contributed by atoms with Gasteiger partial charge in [-0.3, -0.25) is 14.4 Å². The number of rotatable bonds is 6. The van der Waals surface area contributed by atoms with Gasteiger partial charge >= 0.3 is 0 Å². The topological polar surface area (TPSA) is 110 Å². The van der Waals surface area contributed by atoms with Gasteiger partial charge in [0.05, 0.1) is 5.52 Å². The first kappa shape index (κ1) is 21.8. The Morgan fingerprint density at radius 2 is 1.90 bits per heavy atom. The minimum absolute atomic E-state index is 0.219. The summed E-state index contributed by atoms with van der Waals surface area (Å²) in [5.74, 6) is -0.653. The summed E-state index contributed by atoms with van der Waals surface area (Å²) in [6.07, 6.45) is 2.35. The summed E-state index contributed by atoms with van der Waals surface area (Å²) < 4.78 is 44.0. The number of halogens is 1. The first-order valence-electron chi connectivity index (χ1n) is 15.7. The number of pyridine rings is 1. The smallest absolute Gasteiger partial charge is 0.248 e. The van der Waals surface area contributed by atoms with Crippen molar-refractivity contribution in [1.29, 1.82) is 0 Å². The lowest BCUT2D eigenvalue weighted by molar-refractivity contribution is -0.138. The predicted molar refractivity (Wildman–Crippen MR) is 160 cm³/mol. The Balaban J connectivity index is 1.39. The van der Waals surface area contributed by atoms with Gasteiger partial charge in [0.1, 0.15) is 28.8 Å². The first-order chi connectivity index (χ1) is 21.5. The minimum Gasteiger partial charge on any atom is -0.337 e. The zero-order valence-electron chi connectivity index (χ0n) is 27.9. The fourth-order valence-corrected chi connectivity index (χ4v) is 5.94. The molecule has 2 aliphatic rings. The molecule has 1 saturated carbocycles. The molecule has 2 fully saturated rings. The van der Waals surface area contributed by atoms with Crippen LogP contribution in [0.1, 0.15) is 60.7 Å². The molecular weight excluding hydrogens is 584 g/mol. The standard InChI is InChI=1S/C31H31BrN6O3/c1-16-6-7-26(32)35-29(16)36-30(41)24-10-31(5)11-25(31)38(24)27(40)15-37-14-23(18(3)39)22-9-20(8-17(2)28(22)37)21-12-33-19(4)34-13-21/h6-9,12-14,24-25H,10-11,15H2,1-5H3,(H,35,36,41)/t24-,25+,31-/m0/s1/i5D3,11D2. The number of nitrogens with one attached hydrogen (secondary N) is 1. The molecule has 6 rings (SSSR count). The van der Waals surface area contributed by atoms with Crippen LogP contribution in [0, 0.1) is 26.2 Å². The van der Waals surface area contributed by atoms with E-state index in [4.69, 9.17) is 6.85 Å². The maximum Gasteiger partial charge on any atom is 0.248 e. The average molecular weight is 621 g/mol. The quantitative estimate of drug-likeness (QED) is 0.228. The van der Waals surface area contributed by atoms with Crippen LogP contribution < -0.4 is 5.32 Å². The Morgan fingerprint density at radius 1 is 1.15 bits per heavy atom. The lowest BCUT2D eigenvalue weighted by Crippen LogP contribution is -2.46. The molecule has 1 aliphatic carbocycles. The third-order valence-corrected chi connectivity index (χ3v) is 8.21. The molecule has 9 nitrogen and oxygen atoms in total. The van der Waals surface area contributed by atoms with Gasteiger partial charge in [0.15, 0.2) is 5.78 Å². The van der Waals surface area contributed by atoms with Crippen LogP contribution in [-0.2, 0) is 16.1 Å². The van der Waals surface area contributed by atoms with Crippen molar-refractivity contribution in [3.63, 3.8) is 0 Å². The minimum atomic E-state index is -2.77. The Morgan fingerprint density at radius 3 is 2.61 bits per heavy atom. The largest absolute Gasteiger partial charge is 0.337 e. The predicted octanol–water partition coefficient (Wildman–Crippen LogP) is 5.40. The molecule has 1 aromatic carbocycles. The number of hydrogen-bond acceptors (Lipinski definition) is 6. The van der Waals surface area contributed by atoms with Crippen molar-refractivity contribution < 1.29 is 21.2 Å². The number of aromatic nitrogens is 4. The van der Waals surface area contributed by atoms with Gasteiger partial charge in [0.2, 0.25) is 11.8 Å². The number of amides is 2. The van der Waals surface area contributed by atoms with Crippen LogP contribution in [0.25, 0.3) is 22.0 Å². The summed E-state index contributed by atoms with van der Waals surface area (Å²) >= 11 is 3.28. The van der Waals surface area contributed by atoms with Gasteiger partial charge in [0.25, 0.3) is 0 Å². The van der Waals surface area contributed by atoms with E-state index in [0.717, 1.165) is 21.6 Å². The molecule has 0 spiro atoms. The second-order valence-corrected chi connectivity index (χ2v) is 11.6. The van der Waals surface area contributed by atoms with Gasteiger partial charge < -0.3 is 14.8 Å². The molecule has 1 aliphatic heterocycles. The molecule has 0 bridgehead atoms. The van der Waals surface area contributed by atoms with Crippen LogP contribution in [0.15, 0.2) is 47.5 Å². The number of benzene rings is 1. The number of carbonyl (C=O) groups excluding carboxylic acids is 3. The monoisotopic (exact) mass is 619 g/mol. The van der Waals surface area contributed by atoms with Crippen LogP contribution in [-0.4, -0.2) is 54.1 Å². The fraction of sp³-hybridized carbons (Fsp3) is 0.355. The molecule has 1 saturated heterocycles. The first-order valence-corrected chi connectivity index (χ1v) is 14.0. The molecule has 1 N–H and O–H groups in total. The van der Waals surface area contributed by atoms with E-state index in [1.807, 2.05) is 19.1 Å². The van der Waals surface area contributed by atoms with Crippen LogP contribution in [0.4, 0.5) is 5.82 Å². The van der Waals surface area contributed by atoms with Crippen molar-refractivity contribution in [1.82, 2.24) is 24.4 Å². The van der Waals surface area contributed by atoms with Crippen molar-refractivity contribution in [2.75, 3.05) is 5.32 Å². The summed E-state index contributed by atoms with van der Waals surface area (Å²) in [5, 5.41) is 3.33. The van der Waals surface area contributed by atoms with Crippen molar-refractivity contribution in [2.45, 2.75) is 66.0 Å². The number of piperidine rings is 1. The molecule has 2 amide bonds. The third-order valence-electron chi connectivity index (χ3n) is 7.76. The van der Waals surface area contributed by atoms with Crippen LogP contribution >= 0.6 is 15.9 Å². The Kier molecular flexibility index (Phi) is 5.24. The summed E-state index contributed by atoms with van der Waals surface area (Å²) in [5.41, 5.74) is 2.06. The number of anilines is 1. The van der Waals surface area contributed by atoms with Crippen LogP contribution in [0.2, 0.25) is 0 Å². The van der Waals surface area contributed by atoms with Gasteiger partial charge in [0, 0.05) is 48.0 Å². The van der Waals surface area contributed by atoms with E-state index in [2.05, 4.69) is 36.2 Å². The number of ketones is 1.